The third kappa shape index (κ3) is 8.67. The molecule has 0 aromatic rings. The second kappa shape index (κ2) is 18.3. The summed E-state index contributed by atoms with van der Waals surface area (Å²) in [5.74, 6) is 4.53. The van der Waals surface area contributed by atoms with Crippen molar-refractivity contribution < 1.29 is 20.4 Å². The second-order valence-corrected chi connectivity index (χ2v) is 13.5. The first kappa shape index (κ1) is 35.9. The van der Waals surface area contributed by atoms with Crippen molar-refractivity contribution in [3.8, 4) is 0 Å². The summed E-state index contributed by atoms with van der Waals surface area (Å²) in [6.45, 7) is 14.7. The molecule has 0 aromatic heterocycles. The molecule has 0 heterocycles. The van der Waals surface area contributed by atoms with Crippen molar-refractivity contribution in [2.75, 3.05) is 20.3 Å². The van der Waals surface area contributed by atoms with E-state index >= 15 is 0 Å². The molecule has 0 radical (unpaired) electrons. The Bertz CT molecular complexity index is 589. The van der Waals surface area contributed by atoms with E-state index in [-0.39, 0.29) is 6.10 Å². The normalized spacial score (nSPS) is 38.0. The molecule has 4 fully saturated rings. The fraction of sp³-hybridized carbons (Fsp3) is 1.00. The monoisotopic (exact) mass is 541 g/mol. The molecule has 0 bridgehead atoms. The molecule has 0 amide bonds. The van der Waals surface area contributed by atoms with E-state index in [0.29, 0.717) is 30.0 Å². The van der Waals surface area contributed by atoms with Crippen molar-refractivity contribution in [2.24, 2.45) is 46.3 Å². The summed E-state index contributed by atoms with van der Waals surface area (Å²) in [4.78, 5) is 0. The minimum atomic E-state index is -0.0376. The van der Waals surface area contributed by atoms with Gasteiger partial charge in [0.25, 0.3) is 0 Å². The lowest BCUT2D eigenvalue weighted by Crippen LogP contribution is -2.57. The van der Waals surface area contributed by atoms with Gasteiger partial charge in [0.15, 0.2) is 0 Å². The van der Waals surface area contributed by atoms with Crippen LogP contribution >= 0.6 is 0 Å². The smallest absolute Gasteiger partial charge is 0.0577 e. The summed E-state index contributed by atoms with van der Waals surface area (Å²) in [5, 5.41) is 35.2. The summed E-state index contributed by atoms with van der Waals surface area (Å²) in [5.41, 5.74) is 0.966. The molecule has 38 heavy (non-hydrogen) atoms. The molecule has 0 aromatic carbocycles. The Balaban J connectivity index is 0.000000628. The van der Waals surface area contributed by atoms with Crippen LogP contribution in [0.3, 0.4) is 0 Å². The van der Waals surface area contributed by atoms with Crippen LogP contribution in [-0.2, 0) is 0 Å². The number of unbranched alkanes of at least 4 members (excludes halogenated alkanes) is 3. The van der Waals surface area contributed by atoms with Gasteiger partial charge in [0.05, 0.1) is 6.10 Å². The highest BCUT2D eigenvalue weighted by molar-refractivity contribution is 5.11. The van der Waals surface area contributed by atoms with Gasteiger partial charge < -0.3 is 20.4 Å². The summed E-state index contributed by atoms with van der Waals surface area (Å²) < 4.78 is 0. The molecule has 0 saturated heterocycles. The SMILES string of the molecule is CCCC.CCCO.CO.C[C@H](CCCCCO)C1CCC2C3C(O)CC4CCCCC4(C)C3CCC21C. The topological polar surface area (TPSA) is 80.9 Å². The average molecular weight is 541 g/mol. The Hall–Kier alpha value is -0.160. The number of aliphatic hydroxyl groups excluding tert-OH is 4. The lowest BCUT2D eigenvalue weighted by molar-refractivity contribution is -0.164. The quantitative estimate of drug-likeness (QED) is 0.235. The summed E-state index contributed by atoms with van der Waals surface area (Å²) in [6.07, 6.45) is 20.4. The average Bonchev–Trinajstić information content (AvgIpc) is 3.30. The Labute approximate surface area is 237 Å². The lowest BCUT2D eigenvalue weighted by Gasteiger charge is -2.62. The van der Waals surface area contributed by atoms with E-state index in [1.165, 1.54) is 83.5 Å². The van der Waals surface area contributed by atoms with Gasteiger partial charge >= 0.3 is 0 Å². The van der Waals surface area contributed by atoms with Crippen LogP contribution in [0.1, 0.15) is 144 Å². The van der Waals surface area contributed by atoms with E-state index in [1.807, 2.05) is 6.92 Å². The molecule has 4 N–H and O–H groups in total. The van der Waals surface area contributed by atoms with E-state index in [0.717, 1.165) is 56.0 Å². The van der Waals surface area contributed by atoms with Gasteiger partial charge in [-0.2, -0.15) is 0 Å². The molecule has 4 aliphatic carbocycles. The summed E-state index contributed by atoms with van der Waals surface area (Å²) in [7, 11) is 1.00. The fourth-order valence-corrected chi connectivity index (χ4v) is 9.19. The number of aliphatic hydroxyl groups is 4. The molecule has 0 spiro atoms. The van der Waals surface area contributed by atoms with E-state index in [9.17, 15) is 5.11 Å². The largest absolute Gasteiger partial charge is 0.400 e. The van der Waals surface area contributed by atoms with Crippen molar-refractivity contribution in [1.82, 2.24) is 0 Å². The van der Waals surface area contributed by atoms with Crippen molar-refractivity contribution in [3.63, 3.8) is 0 Å². The number of hydrogen-bond acceptors (Lipinski definition) is 4. The van der Waals surface area contributed by atoms with E-state index in [2.05, 4.69) is 34.6 Å². The van der Waals surface area contributed by atoms with Crippen LogP contribution in [0.15, 0.2) is 0 Å². The molecule has 4 aliphatic rings. The van der Waals surface area contributed by atoms with Crippen LogP contribution in [-0.4, -0.2) is 46.9 Å². The van der Waals surface area contributed by atoms with Gasteiger partial charge in [-0.3, -0.25) is 0 Å². The van der Waals surface area contributed by atoms with Crippen LogP contribution in [0.5, 0.6) is 0 Å². The number of rotatable bonds is 8. The molecule has 8 unspecified atom stereocenters. The van der Waals surface area contributed by atoms with Gasteiger partial charge in [0.2, 0.25) is 0 Å². The van der Waals surface area contributed by atoms with Crippen molar-refractivity contribution >= 4 is 0 Å². The van der Waals surface area contributed by atoms with Crippen molar-refractivity contribution in [1.29, 1.82) is 0 Å². The predicted octanol–water partition coefficient (Wildman–Crippen LogP) is 8.00. The summed E-state index contributed by atoms with van der Waals surface area (Å²) >= 11 is 0. The maximum absolute atomic E-state index is 11.3. The molecule has 0 aliphatic heterocycles. The number of hydrogen-bond donors (Lipinski definition) is 4. The van der Waals surface area contributed by atoms with Crippen molar-refractivity contribution in [3.05, 3.63) is 0 Å². The molecular formula is C34H68O4. The molecule has 4 rings (SSSR count). The highest BCUT2D eigenvalue weighted by Gasteiger charge is 2.62. The van der Waals surface area contributed by atoms with Gasteiger partial charge in [-0.15, -0.1) is 0 Å². The molecule has 4 saturated carbocycles. The minimum Gasteiger partial charge on any atom is -0.400 e. The van der Waals surface area contributed by atoms with E-state index in [1.54, 1.807) is 0 Å². The first-order chi connectivity index (χ1) is 18.2. The Morgan fingerprint density at radius 3 is 1.95 bits per heavy atom. The van der Waals surface area contributed by atoms with Crippen LogP contribution in [0.4, 0.5) is 0 Å². The van der Waals surface area contributed by atoms with Crippen LogP contribution in [0.25, 0.3) is 0 Å². The Morgan fingerprint density at radius 2 is 1.37 bits per heavy atom. The zero-order valence-electron chi connectivity index (χ0n) is 26.6. The van der Waals surface area contributed by atoms with Gasteiger partial charge in [-0.05, 0) is 104 Å². The fourth-order valence-electron chi connectivity index (χ4n) is 9.19. The molecule has 9 atom stereocenters. The Kier molecular flexibility index (Phi) is 17.3. The first-order valence-corrected chi connectivity index (χ1v) is 16.6. The van der Waals surface area contributed by atoms with E-state index < -0.39 is 0 Å². The zero-order valence-corrected chi connectivity index (χ0v) is 26.6. The van der Waals surface area contributed by atoms with Crippen molar-refractivity contribution in [2.45, 2.75) is 150 Å². The minimum absolute atomic E-state index is 0.0376. The molecule has 4 nitrogen and oxygen atoms in total. The zero-order chi connectivity index (χ0) is 28.8. The third-order valence-electron chi connectivity index (χ3n) is 11.4. The third-order valence-corrected chi connectivity index (χ3v) is 11.4. The van der Waals surface area contributed by atoms with Crippen LogP contribution in [0.2, 0.25) is 0 Å². The van der Waals surface area contributed by atoms with Gasteiger partial charge in [0.1, 0.15) is 0 Å². The van der Waals surface area contributed by atoms with Gasteiger partial charge in [-0.1, -0.05) is 86.5 Å². The molecule has 228 valence electrons. The first-order valence-electron chi connectivity index (χ1n) is 16.6. The summed E-state index contributed by atoms with van der Waals surface area (Å²) in [6, 6.07) is 0. The number of fused-ring (bicyclic) bond motifs is 5. The highest BCUT2D eigenvalue weighted by Crippen LogP contribution is 2.68. The molecule has 4 heteroatoms. The van der Waals surface area contributed by atoms with Gasteiger partial charge in [0, 0.05) is 20.3 Å². The van der Waals surface area contributed by atoms with Crippen LogP contribution < -0.4 is 0 Å². The van der Waals surface area contributed by atoms with Crippen LogP contribution in [0, 0.1) is 46.3 Å². The predicted molar refractivity (Wildman–Crippen MR) is 162 cm³/mol. The second-order valence-electron chi connectivity index (χ2n) is 13.5. The molecular weight excluding hydrogens is 472 g/mol. The van der Waals surface area contributed by atoms with E-state index in [4.69, 9.17) is 15.3 Å². The maximum atomic E-state index is 11.3. The standard InChI is InChI=1S/C26H46O2.C4H10.C3H8O.CH4O/c1-18(9-5-4-8-16-27)20-11-12-21-24-22(13-15-26(20,21)3)25(2)14-7-6-10-19(25)17-23(24)28;1-3-4-2;1-2-3-4;1-2/h18-24,27-28H,4-17H2,1-3H3;3-4H2,1-2H3;4H,2-3H2,1H3;2H,1H3/t18-,19?,20?,21?,22?,23?,24?,25?,26?;;;/m1.../s1. The maximum Gasteiger partial charge on any atom is 0.0577 e. The van der Waals surface area contributed by atoms with Gasteiger partial charge in [-0.25, -0.2) is 0 Å². The lowest BCUT2D eigenvalue weighted by atomic mass is 9.44. The Morgan fingerprint density at radius 1 is 0.737 bits per heavy atom. The highest BCUT2D eigenvalue weighted by atomic mass is 16.3.